The van der Waals surface area contributed by atoms with Crippen LogP contribution in [0.3, 0.4) is 0 Å². The van der Waals surface area contributed by atoms with Gasteiger partial charge in [0.2, 0.25) is 11.8 Å². The van der Waals surface area contributed by atoms with E-state index in [9.17, 15) is 24.6 Å². The molecule has 0 radical (unpaired) electrons. The zero-order valence-electron chi connectivity index (χ0n) is 27.8. The number of benzene rings is 2. The molecule has 0 aliphatic carbocycles. The van der Waals surface area contributed by atoms with Gasteiger partial charge < -0.3 is 30.5 Å². The molecule has 2 aromatic carbocycles. The highest BCUT2D eigenvalue weighted by Crippen LogP contribution is 2.30. The summed E-state index contributed by atoms with van der Waals surface area (Å²) in [5.74, 6) is -0.197. The number of rotatable bonds is 15. The molecule has 244 valence electrons. The summed E-state index contributed by atoms with van der Waals surface area (Å²) in [5.41, 5.74) is 1.08. The SMILES string of the molecule is CCCCCNC(=O)C(c1ccc(O)c(C)c1)N(C(=O)C(Cc1ccc(O)cc1)NC(=O)OC(C)(C)C)C(C)CCC(C)C. The number of hydrogen-bond donors (Lipinski definition) is 4. The molecule has 0 bridgehead atoms. The Bertz CT molecular complexity index is 1220. The average molecular weight is 612 g/mol. The minimum Gasteiger partial charge on any atom is -0.508 e. The van der Waals surface area contributed by atoms with E-state index in [4.69, 9.17) is 4.74 Å². The largest absolute Gasteiger partial charge is 0.508 e. The minimum atomic E-state index is -1.07. The van der Waals surface area contributed by atoms with Crippen molar-refractivity contribution in [2.75, 3.05) is 6.54 Å². The van der Waals surface area contributed by atoms with Crippen molar-refractivity contribution >= 4 is 17.9 Å². The molecule has 3 atom stereocenters. The summed E-state index contributed by atoms with van der Waals surface area (Å²) in [6, 6.07) is 8.95. The lowest BCUT2D eigenvalue weighted by Gasteiger charge is -2.39. The van der Waals surface area contributed by atoms with Crippen LogP contribution in [0.15, 0.2) is 42.5 Å². The van der Waals surface area contributed by atoms with Crippen molar-refractivity contribution in [3.05, 3.63) is 59.2 Å². The van der Waals surface area contributed by atoms with Gasteiger partial charge in [0, 0.05) is 19.0 Å². The standard InChI is InChI=1S/C35H53N3O6/c1-9-10-11-20-36-32(41)31(27-16-19-30(40)24(4)21-27)38(25(5)13-12-23(2)3)33(42)29(37-34(43)44-35(6,7)8)22-26-14-17-28(39)18-15-26/h14-19,21,23,25,29,31,39-40H,9-13,20,22H2,1-8H3,(H,36,41)(H,37,43). The number of amides is 3. The molecular weight excluding hydrogens is 558 g/mol. The van der Waals surface area contributed by atoms with Crippen LogP contribution >= 0.6 is 0 Å². The molecule has 0 aliphatic heterocycles. The van der Waals surface area contributed by atoms with Crippen LogP contribution in [-0.4, -0.2) is 57.3 Å². The molecule has 2 aromatic rings. The first-order valence-electron chi connectivity index (χ1n) is 15.8. The Morgan fingerprint density at radius 2 is 1.61 bits per heavy atom. The molecule has 0 fully saturated rings. The maximum atomic E-state index is 14.7. The van der Waals surface area contributed by atoms with E-state index >= 15 is 0 Å². The molecule has 0 saturated carbocycles. The lowest BCUT2D eigenvalue weighted by atomic mass is 9.95. The molecule has 44 heavy (non-hydrogen) atoms. The van der Waals surface area contributed by atoms with Crippen LogP contribution in [-0.2, 0) is 20.7 Å². The van der Waals surface area contributed by atoms with Crippen molar-refractivity contribution in [3.63, 3.8) is 0 Å². The first-order valence-corrected chi connectivity index (χ1v) is 15.8. The molecule has 0 spiro atoms. The second-order valence-electron chi connectivity index (χ2n) is 13.1. The molecule has 3 unspecified atom stereocenters. The third kappa shape index (κ3) is 11.7. The number of nitrogens with zero attached hydrogens (tertiary/aromatic N) is 1. The quantitative estimate of drug-likeness (QED) is 0.169. The summed E-state index contributed by atoms with van der Waals surface area (Å²) in [7, 11) is 0. The Balaban J connectivity index is 2.65. The number of phenols is 2. The highest BCUT2D eigenvalue weighted by Gasteiger charge is 2.39. The van der Waals surface area contributed by atoms with E-state index in [0.717, 1.165) is 25.7 Å². The number of unbranched alkanes of at least 4 members (excludes halogenated alkanes) is 2. The third-order valence-electron chi connectivity index (χ3n) is 7.40. The molecule has 0 aromatic heterocycles. The number of carbonyl (C=O) groups is 3. The summed E-state index contributed by atoms with van der Waals surface area (Å²) in [4.78, 5) is 43.4. The van der Waals surface area contributed by atoms with E-state index < -0.39 is 29.7 Å². The number of ether oxygens (including phenoxy) is 1. The normalized spacial score (nSPS) is 13.6. The lowest BCUT2D eigenvalue weighted by Crippen LogP contribution is -2.56. The Kier molecular flexibility index (Phi) is 14.0. The predicted molar refractivity (Wildman–Crippen MR) is 173 cm³/mol. The molecule has 3 amide bonds. The van der Waals surface area contributed by atoms with Crippen LogP contribution in [0, 0.1) is 12.8 Å². The first kappa shape index (κ1) is 36.4. The van der Waals surface area contributed by atoms with Gasteiger partial charge in [-0.1, -0.05) is 51.8 Å². The summed E-state index contributed by atoms with van der Waals surface area (Å²) in [5, 5.41) is 25.9. The highest BCUT2D eigenvalue weighted by molar-refractivity contribution is 5.92. The number of carbonyl (C=O) groups excluding carboxylic acids is 3. The smallest absolute Gasteiger partial charge is 0.408 e. The van der Waals surface area contributed by atoms with Crippen molar-refractivity contribution in [1.29, 1.82) is 0 Å². The molecule has 0 saturated heterocycles. The number of nitrogens with one attached hydrogen (secondary N) is 2. The topological polar surface area (TPSA) is 128 Å². The Morgan fingerprint density at radius 3 is 2.18 bits per heavy atom. The molecule has 4 N–H and O–H groups in total. The van der Waals surface area contributed by atoms with E-state index in [1.54, 1.807) is 56.9 Å². The van der Waals surface area contributed by atoms with Crippen LogP contribution in [0.1, 0.15) is 103 Å². The number of aromatic hydroxyl groups is 2. The van der Waals surface area contributed by atoms with Crippen molar-refractivity contribution < 1.29 is 29.3 Å². The third-order valence-corrected chi connectivity index (χ3v) is 7.40. The minimum absolute atomic E-state index is 0.0863. The first-order chi connectivity index (χ1) is 20.6. The maximum absolute atomic E-state index is 14.7. The summed E-state index contributed by atoms with van der Waals surface area (Å²) in [6.45, 7) is 15.7. The zero-order valence-corrected chi connectivity index (χ0v) is 27.8. The van der Waals surface area contributed by atoms with E-state index in [2.05, 4.69) is 31.4 Å². The Labute approximate surface area is 263 Å². The highest BCUT2D eigenvalue weighted by atomic mass is 16.6. The van der Waals surface area contributed by atoms with Crippen molar-refractivity contribution in [2.24, 2.45) is 5.92 Å². The summed E-state index contributed by atoms with van der Waals surface area (Å²) >= 11 is 0. The van der Waals surface area contributed by atoms with Gasteiger partial charge in [-0.3, -0.25) is 9.59 Å². The van der Waals surface area contributed by atoms with Crippen LogP contribution in [0.25, 0.3) is 0 Å². The fourth-order valence-corrected chi connectivity index (χ4v) is 4.98. The molecule has 9 nitrogen and oxygen atoms in total. The van der Waals surface area contributed by atoms with E-state index in [1.807, 2.05) is 6.92 Å². The zero-order chi connectivity index (χ0) is 33.0. The van der Waals surface area contributed by atoms with Gasteiger partial charge in [-0.25, -0.2) is 4.79 Å². The number of alkyl carbamates (subject to hydrolysis) is 1. The van der Waals surface area contributed by atoms with Crippen LogP contribution < -0.4 is 10.6 Å². The van der Waals surface area contributed by atoms with E-state index in [-0.39, 0.29) is 29.9 Å². The second kappa shape index (κ2) is 16.9. The van der Waals surface area contributed by atoms with Crippen LogP contribution in [0.5, 0.6) is 11.5 Å². The lowest BCUT2D eigenvalue weighted by molar-refractivity contribution is -0.145. The predicted octanol–water partition coefficient (Wildman–Crippen LogP) is 6.54. The Hall–Kier alpha value is -3.75. The molecular formula is C35H53N3O6. The number of phenolic OH excluding ortho intramolecular Hbond substituents is 2. The fraction of sp³-hybridized carbons (Fsp3) is 0.571. The molecule has 9 heteroatoms. The van der Waals surface area contributed by atoms with Crippen LogP contribution in [0.4, 0.5) is 4.79 Å². The van der Waals surface area contributed by atoms with Crippen LogP contribution in [0.2, 0.25) is 0 Å². The summed E-state index contributed by atoms with van der Waals surface area (Å²) in [6.07, 6.45) is 3.61. The van der Waals surface area contributed by atoms with Gasteiger partial charge in [0.15, 0.2) is 0 Å². The molecule has 2 rings (SSSR count). The number of hydrogen-bond acceptors (Lipinski definition) is 6. The monoisotopic (exact) mass is 611 g/mol. The second-order valence-corrected chi connectivity index (χ2v) is 13.1. The average Bonchev–Trinajstić information content (AvgIpc) is 2.93. The summed E-state index contributed by atoms with van der Waals surface area (Å²) < 4.78 is 5.52. The van der Waals surface area contributed by atoms with Gasteiger partial charge in [0.25, 0.3) is 0 Å². The number of aryl methyl sites for hydroxylation is 1. The maximum Gasteiger partial charge on any atom is 0.408 e. The van der Waals surface area contributed by atoms with Gasteiger partial charge in [-0.05, 0) is 101 Å². The van der Waals surface area contributed by atoms with Crippen molar-refractivity contribution in [2.45, 2.75) is 118 Å². The fourth-order valence-electron chi connectivity index (χ4n) is 4.98. The van der Waals surface area contributed by atoms with E-state index in [1.165, 1.54) is 18.2 Å². The van der Waals surface area contributed by atoms with Gasteiger partial charge in [-0.2, -0.15) is 0 Å². The van der Waals surface area contributed by atoms with E-state index in [0.29, 0.717) is 35.6 Å². The van der Waals surface area contributed by atoms with Crippen molar-refractivity contribution in [1.82, 2.24) is 15.5 Å². The van der Waals surface area contributed by atoms with Gasteiger partial charge >= 0.3 is 6.09 Å². The van der Waals surface area contributed by atoms with Gasteiger partial charge in [0.1, 0.15) is 29.2 Å². The molecule has 0 heterocycles. The van der Waals surface area contributed by atoms with Gasteiger partial charge in [-0.15, -0.1) is 0 Å². The van der Waals surface area contributed by atoms with Crippen molar-refractivity contribution in [3.8, 4) is 11.5 Å². The Morgan fingerprint density at radius 1 is 0.955 bits per heavy atom. The van der Waals surface area contributed by atoms with Gasteiger partial charge in [0.05, 0.1) is 0 Å². The molecule has 0 aliphatic rings.